The van der Waals surface area contributed by atoms with Gasteiger partial charge in [0.25, 0.3) is 0 Å². The molecular formula is C19H12Br2INO4. The fourth-order valence-corrected chi connectivity index (χ4v) is 3.97. The van der Waals surface area contributed by atoms with Crippen molar-refractivity contribution in [2.24, 2.45) is 4.99 Å². The first kappa shape index (κ1) is 20.2. The second kappa shape index (κ2) is 8.66. The zero-order valence-electron chi connectivity index (χ0n) is 14.0. The lowest BCUT2D eigenvalue weighted by Crippen LogP contribution is -2.06. The van der Waals surface area contributed by atoms with Crippen molar-refractivity contribution < 1.29 is 19.1 Å². The fraction of sp³-hybridized carbons (Fsp3) is 0.105. The molecule has 0 amide bonds. The molecule has 1 heterocycles. The molecule has 5 nitrogen and oxygen atoms in total. The Morgan fingerprint density at radius 1 is 1.22 bits per heavy atom. The summed E-state index contributed by atoms with van der Waals surface area (Å²) in [6, 6.07) is 11.0. The predicted molar refractivity (Wildman–Crippen MR) is 118 cm³/mol. The predicted octanol–water partition coefficient (Wildman–Crippen LogP) is 5.48. The summed E-state index contributed by atoms with van der Waals surface area (Å²) >= 11 is 8.97. The second-order valence-electron chi connectivity index (χ2n) is 5.48. The van der Waals surface area contributed by atoms with E-state index in [9.17, 15) is 9.59 Å². The highest BCUT2D eigenvalue weighted by Gasteiger charge is 2.24. The molecule has 0 saturated carbocycles. The van der Waals surface area contributed by atoms with E-state index in [0.29, 0.717) is 20.3 Å². The first-order chi connectivity index (χ1) is 12.9. The molecule has 0 radical (unpaired) electrons. The van der Waals surface area contributed by atoms with Gasteiger partial charge in [-0.1, -0.05) is 6.92 Å². The number of halogens is 3. The SMILES string of the molecule is CCC(=O)Oc1c(Br)cc(/C=C2\N=C(c3ccc(I)cc3)OC2=O)cc1Br. The highest BCUT2D eigenvalue weighted by Crippen LogP contribution is 2.36. The third-order valence-corrected chi connectivity index (χ3v) is 5.44. The van der Waals surface area contributed by atoms with E-state index in [1.54, 1.807) is 25.1 Å². The van der Waals surface area contributed by atoms with Gasteiger partial charge in [0.1, 0.15) is 0 Å². The van der Waals surface area contributed by atoms with Gasteiger partial charge >= 0.3 is 11.9 Å². The van der Waals surface area contributed by atoms with Gasteiger partial charge in [-0.3, -0.25) is 4.79 Å². The van der Waals surface area contributed by atoms with Crippen molar-refractivity contribution in [2.45, 2.75) is 13.3 Å². The minimum absolute atomic E-state index is 0.195. The van der Waals surface area contributed by atoms with E-state index in [1.807, 2.05) is 24.3 Å². The Balaban J connectivity index is 1.90. The second-order valence-corrected chi connectivity index (χ2v) is 8.44. The van der Waals surface area contributed by atoms with Crippen LogP contribution in [-0.2, 0) is 14.3 Å². The zero-order valence-corrected chi connectivity index (χ0v) is 19.3. The van der Waals surface area contributed by atoms with Gasteiger partial charge in [0.15, 0.2) is 11.4 Å². The minimum Gasteiger partial charge on any atom is -0.424 e. The van der Waals surface area contributed by atoms with Crippen molar-refractivity contribution in [2.75, 3.05) is 0 Å². The highest BCUT2D eigenvalue weighted by molar-refractivity contribution is 14.1. The number of nitrogens with zero attached hydrogens (tertiary/aromatic N) is 1. The van der Waals surface area contributed by atoms with E-state index in [1.165, 1.54) is 0 Å². The van der Waals surface area contributed by atoms with Crippen LogP contribution in [0.4, 0.5) is 0 Å². The average Bonchev–Trinajstić information content (AvgIpc) is 2.99. The Labute approximate surface area is 186 Å². The lowest BCUT2D eigenvalue weighted by Gasteiger charge is -2.09. The molecule has 138 valence electrons. The number of hydrogen-bond donors (Lipinski definition) is 0. The van der Waals surface area contributed by atoms with Crippen molar-refractivity contribution in [1.29, 1.82) is 0 Å². The monoisotopic (exact) mass is 603 g/mol. The van der Waals surface area contributed by atoms with Crippen molar-refractivity contribution >= 4 is 78.4 Å². The molecule has 0 aromatic heterocycles. The van der Waals surface area contributed by atoms with Crippen LogP contribution >= 0.6 is 54.5 Å². The van der Waals surface area contributed by atoms with Gasteiger partial charge < -0.3 is 9.47 Å². The molecule has 0 saturated heterocycles. The number of cyclic esters (lactones) is 1. The molecule has 1 aliphatic rings. The quantitative estimate of drug-likeness (QED) is 0.201. The van der Waals surface area contributed by atoms with Crippen molar-refractivity contribution in [3.8, 4) is 5.75 Å². The summed E-state index contributed by atoms with van der Waals surface area (Å²) < 4.78 is 12.8. The number of ether oxygens (including phenoxy) is 2. The standard InChI is InChI=1S/C19H12Br2INO4/c1-2-16(24)26-17-13(20)7-10(8-14(17)21)9-15-19(25)27-18(23-15)11-3-5-12(22)6-4-11/h3-9H,2H2,1H3/b15-9-. The molecule has 0 aliphatic carbocycles. The van der Waals surface area contributed by atoms with Crippen molar-refractivity contribution in [3.05, 3.63) is 65.7 Å². The maximum Gasteiger partial charge on any atom is 0.363 e. The molecule has 2 aromatic carbocycles. The highest BCUT2D eigenvalue weighted by atomic mass is 127. The molecule has 0 fully saturated rings. The van der Waals surface area contributed by atoms with Crippen LogP contribution < -0.4 is 4.74 Å². The van der Waals surface area contributed by atoms with Crippen LogP contribution in [0.3, 0.4) is 0 Å². The summed E-state index contributed by atoms with van der Waals surface area (Å²) in [6.45, 7) is 1.72. The Morgan fingerprint density at radius 3 is 2.44 bits per heavy atom. The molecule has 8 heteroatoms. The van der Waals surface area contributed by atoms with E-state index in [2.05, 4.69) is 59.4 Å². The van der Waals surface area contributed by atoms with Crippen LogP contribution in [0, 0.1) is 3.57 Å². The van der Waals surface area contributed by atoms with Crippen LogP contribution in [0.25, 0.3) is 6.08 Å². The summed E-state index contributed by atoms with van der Waals surface area (Å²) in [4.78, 5) is 28.0. The molecule has 0 N–H and O–H groups in total. The Hall–Kier alpha value is -1.52. The van der Waals surface area contributed by atoms with E-state index >= 15 is 0 Å². The smallest absolute Gasteiger partial charge is 0.363 e. The zero-order chi connectivity index (χ0) is 19.6. The van der Waals surface area contributed by atoms with Gasteiger partial charge in [-0.25, -0.2) is 9.79 Å². The number of carbonyl (C=O) groups excluding carboxylic acids is 2. The molecule has 2 aromatic rings. The Bertz CT molecular complexity index is 961. The topological polar surface area (TPSA) is 65.0 Å². The van der Waals surface area contributed by atoms with E-state index in [-0.39, 0.29) is 24.0 Å². The normalized spacial score (nSPS) is 14.9. The van der Waals surface area contributed by atoms with Crippen molar-refractivity contribution in [3.63, 3.8) is 0 Å². The number of benzene rings is 2. The van der Waals surface area contributed by atoms with Gasteiger partial charge in [0.2, 0.25) is 5.90 Å². The number of aliphatic imine (C=N–C) groups is 1. The fourth-order valence-electron chi connectivity index (χ4n) is 2.23. The molecule has 0 spiro atoms. The van der Waals surface area contributed by atoms with Gasteiger partial charge in [0.05, 0.1) is 8.95 Å². The van der Waals surface area contributed by atoms with E-state index in [0.717, 1.165) is 9.13 Å². The van der Waals surface area contributed by atoms with Crippen molar-refractivity contribution in [1.82, 2.24) is 0 Å². The maximum atomic E-state index is 12.2. The average molecular weight is 605 g/mol. The van der Waals surface area contributed by atoms with Crippen LogP contribution in [0.15, 0.2) is 56.0 Å². The summed E-state index contributed by atoms with van der Waals surface area (Å²) in [7, 11) is 0. The molecular weight excluding hydrogens is 593 g/mol. The first-order valence-corrected chi connectivity index (χ1v) is 10.5. The van der Waals surface area contributed by atoms with Gasteiger partial charge in [-0.05, 0) is 102 Å². The van der Waals surface area contributed by atoms with Crippen LogP contribution in [-0.4, -0.2) is 17.8 Å². The van der Waals surface area contributed by atoms with Crippen LogP contribution in [0.5, 0.6) is 5.75 Å². The number of carbonyl (C=O) groups is 2. The first-order valence-electron chi connectivity index (χ1n) is 7.85. The molecule has 0 unspecified atom stereocenters. The minimum atomic E-state index is -0.516. The van der Waals surface area contributed by atoms with Gasteiger partial charge in [-0.15, -0.1) is 0 Å². The third-order valence-electron chi connectivity index (χ3n) is 3.54. The molecule has 0 bridgehead atoms. The van der Waals surface area contributed by atoms with E-state index < -0.39 is 5.97 Å². The molecule has 0 atom stereocenters. The molecule has 1 aliphatic heterocycles. The molecule has 27 heavy (non-hydrogen) atoms. The molecule has 3 rings (SSSR count). The largest absolute Gasteiger partial charge is 0.424 e. The lowest BCUT2D eigenvalue weighted by molar-refractivity contribution is -0.134. The summed E-state index contributed by atoms with van der Waals surface area (Å²) in [5, 5.41) is 0. The lowest BCUT2D eigenvalue weighted by atomic mass is 10.2. The number of esters is 2. The maximum absolute atomic E-state index is 12.2. The van der Waals surface area contributed by atoms with Crippen LogP contribution in [0.1, 0.15) is 24.5 Å². The summed E-state index contributed by atoms with van der Waals surface area (Å²) in [6.07, 6.45) is 1.88. The summed E-state index contributed by atoms with van der Waals surface area (Å²) in [5.41, 5.74) is 1.63. The van der Waals surface area contributed by atoms with Crippen LogP contribution in [0.2, 0.25) is 0 Å². The Kier molecular flexibility index (Phi) is 6.48. The third kappa shape index (κ3) is 4.85. The van der Waals surface area contributed by atoms with Gasteiger partial charge in [-0.2, -0.15) is 0 Å². The Morgan fingerprint density at radius 2 is 1.85 bits per heavy atom. The number of hydrogen-bond acceptors (Lipinski definition) is 5. The number of rotatable bonds is 4. The van der Waals surface area contributed by atoms with Gasteiger partial charge in [0, 0.05) is 15.6 Å². The summed E-state index contributed by atoms with van der Waals surface area (Å²) in [5.74, 6) is -0.193. The van der Waals surface area contributed by atoms with E-state index in [4.69, 9.17) is 9.47 Å².